The van der Waals surface area contributed by atoms with Crippen LogP contribution in [-0.4, -0.2) is 77.1 Å². The molecular formula is C16H25N3O5S2. The molecule has 1 fully saturated rings. The molecule has 2 aliphatic heterocycles. The first kappa shape index (κ1) is 19.6. The summed E-state index contributed by atoms with van der Waals surface area (Å²) in [5.74, 6) is 0.349. The number of hydrogen-bond donors (Lipinski definition) is 0. The third-order valence-electron chi connectivity index (χ3n) is 5.20. The van der Waals surface area contributed by atoms with Crippen LogP contribution in [-0.2, 0) is 20.2 Å². The molecule has 8 nitrogen and oxygen atoms in total. The number of piperidine rings is 1. The lowest BCUT2D eigenvalue weighted by Gasteiger charge is -2.44. The van der Waals surface area contributed by atoms with Crippen molar-refractivity contribution >= 4 is 20.2 Å². The van der Waals surface area contributed by atoms with Gasteiger partial charge < -0.3 is 4.74 Å². The van der Waals surface area contributed by atoms with Crippen LogP contribution >= 0.6 is 0 Å². The number of para-hydroxylation sites is 1. The van der Waals surface area contributed by atoms with Gasteiger partial charge in [-0.15, -0.1) is 0 Å². The third kappa shape index (κ3) is 3.36. The normalized spacial score (nSPS) is 23.8. The topological polar surface area (TPSA) is 87.2 Å². The minimum Gasteiger partial charge on any atom is -0.492 e. The fourth-order valence-corrected chi connectivity index (χ4v) is 6.03. The van der Waals surface area contributed by atoms with Crippen LogP contribution in [0.15, 0.2) is 29.2 Å². The largest absolute Gasteiger partial charge is 0.492 e. The molecule has 1 aromatic rings. The van der Waals surface area contributed by atoms with Crippen molar-refractivity contribution in [3.8, 4) is 5.75 Å². The Labute approximate surface area is 155 Å². The van der Waals surface area contributed by atoms with Crippen molar-refractivity contribution in [2.24, 2.45) is 5.41 Å². The van der Waals surface area contributed by atoms with Crippen LogP contribution in [0.1, 0.15) is 12.8 Å². The van der Waals surface area contributed by atoms with Crippen molar-refractivity contribution in [2.75, 3.05) is 47.4 Å². The number of benzene rings is 1. The van der Waals surface area contributed by atoms with Gasteiger partial charge in [-0.25, -0.2) is 12.7 Å². The molecule has 1 saturated heterocycles. The van der Waals surface area contributed by atoms with Gasteiger partial charge in [0.15, 0.2) is 0 Å². The molecule has 1 aromatic carbocycles. The molecule has 2 aliphatic rings. The molecule has 3 rings (SSSR count). The van der Waals surface area contributed by atoms with Crippen LogP contribution in [0.4, 0.5) is 0 Å². The van der Waals surface area contributed by atoms with Crippen LogP contribution in [0, 0.1) is 5.41 Å². The molecule has 26 heavy (non-hydrogen) atoms. The SMILES string of the molecule is CN1CC2(CCN(S(=O)(=O)N(C)C)CC2)COc2ccccc2S1(=O)=O. The van der Waals surface area contributed by atoms with Crippen LogP contribution in [0.2, 0.25) is 0 Å². The minimum absolute atomic E-state index is 0.171. The molecule has 0 unspecified atom stereocenters. The molecule has 1 spiro atoms. The van der Waals surface area contributed by atoms with Crippen molar-refractivity contribution in [3.63, 3.8) is 0 Å². The Kier molecular flexibility index (Phi) is 5.08. The summed E-state index contributed by atoms with van der Waals surface area (Å²) in [7, 11) is -2.51. The predicted octanol–water partition coefficient (Wildman–Crippen LogP) is 0.588. The van der Waals surface area contributed by atoms with E-state index in [4.69, 9.17) is 4.74 Å². The third-order valence-corrected chi connectivity index (χ3v) is 8.98. The zero-order valence-corrected chi connectivity index (χ0v) is 16.9. The van der Waals surface area contributed by atoms with Crippen LogP contribution in [0.3, 0.4) is 0 Å². The van der Waals surface area contributed by atoms with Crippen molar-refractivity contribution < 1.29 is 21.6 Å². The summed E-state index contributed by atoms with van der Waals surface area (Å²) in [4.78, 5) is 0.171. The molecule has 0 atom stereocenters. The number of ether oxygens (including phenoxy) is 1. The maximum Gasteiger partial charge on any atom is 0.281 e. The van der Waals surface area contributed by atoms with E-state index in [9.17, 15) is 16.8 Å². The van der Waals surface area contributed by atoms with E-state index in [-0.39, 0.29) is 4.90 Å². The highest BCUT2D eigenvalue weighted by atomic mass is 32.2. The molecule has 2 heterocycles. The highest BCUT2D eigenvalue weighted by molar-refractivity contribution is 7.89. The summed E-state index contributed by atoms with van der Waals surface area (Å²) in [6, 6.07) is 6.63. The van der Waals surface area contributed by atoms with Gasteiger partial charge in [0.2, 0.25) is 10.0 Å². The summed E-state index contributed by atoms with van der Waals surface area (Å²) >= 11 is 0. The molecular weight excluding hydrogens is 378 g/mol. The van der Waals surface area contributed by atoms with E-state index in [1.54, 1.807) is 31.3 Å². The van der Waals surface area contributed by atoms with E-state index in [0.29, 0.717) is 44.8 Å². The lowest BCUT2D eigenvalue weighted by molar-refractivity contribution is 0.0603. The standard InChI is InChI=1S/C16H25N3O5S2/c1-17(2)26(22,23)19-10-8-16(9-11-19)12-18(3)25(20,21)15-7-5-4-6-14(15)24-13-16/h4-7H,8-13H2,1-3H3. The average Bonchev–Trinajstić information content (AvgIpc) is 2.60. The number of rotatable bonds is 2. The second kappa shape index (κ2) is 6.75. The Balaban J connectivity index is 1.86. The molecule has 0 aromatic heterocycles. The van der Waals surface area contributed by atoms with Gasteiger partial charge in [-0.1, -0.05) is 12.1 Å². The Morgan fingerprint density at radius 1 is 1.15 bits per heavy atom. The van der Waals surface area contributed by atoms with Crippen molar-refractivity contribution in [1.29, 1.82) is 0 Å². The summed E-state index contributed by atoms with van der Waals surface area (Å²) in [6.45, 7) is 1.36. The first-order valence-electron chi connectivity index (χ1n) is 8.44. The maximum atomic E-state index is 12.8. The van der Waals surface area contributed by atoms with Gasteiger partial charge >= 0.3 is 0 Å². The van der Waals surface area contributed by atoms with E-state index in [1.807, 2.05) is 0 Å². The highest BCUT2D eigenvalue weighted by Gasteiger charge is 2.43. The Morgan fingerprint density at radius 3 is 2.38 bits per heavy atom. The predicted molar refractivity (Wildman–Crippen MR) is 97.6 cm³/mol. The Bertz CT molecular complexity index is 875. The minimum atomic E-state index is -3.64. The summed E-state index contributed by atoms with van der Waals surface area (Å²) in [6.07, 6.45) is 1.09. The first-order chi connectivity index (χ1) is 12.1. The van der Waals surface area contributed by atoms with E-state index in [0.717, 1.165) is 0 Å². The second-order valence-electron chi connectivity index (χ2n) is 7.19. The van der Waals surface area contributed by atoms with Crippen molar-refractivity contribution in [3.05, 3.63) is 24.3 Å². The molecule has 10 heteroatoms. The average molecular weight is 404 g/mol. The monoisotopic (exact) mass is 403 g/mol. The van der Waals surface area contributed by atoms with E-state index in [1.165, 1.54) is 27.0 Å². The van der Waals surface area contributed by atoms with Gasteiger partial charge in [-0.05, 0) is 25.0 Å². The maximum absolute atomic E-state index is 12.8. The zero-order chi connectivity index (χ0) is 19.2. The van der Waals surface area contributed by atoms with E-state index in [2.05, 4.69) is 0 Å². The number of fused-ring (bicyclic) bond motifs is 1. The van der Waals surface area contributed by atoms with Gasteiger partial charge in [-0.3, -0.25) is 0 Å². The van der Waals surface area contributed by atoms with Gasteiger partial charge in [0.25, 0.3) is 10.2 Å². The molecule has 0 amide bonds. The molecule has 0 radical (unpaired) electrons. The van der Waals surface area contributed by atoms with Gasteiger partial charge in [0, 0.05) is 46.2 Å². The molecule has 0 bridgehead atoms. The van der Waals surface area contributed by atoms with Gasteiger partial charge in [-0.2, -0.15) is 17.0 Å². The zero-order valence-electron chi connectivity index (χ0n) is 15.3. The number of sulfonamides is 1. The first-order valence-corrected chi connectivity index (χ1v) is 11.3. The molecule has 0 saturated carbocycles. The lowest BCUT2D eigenvalue weighted by atomic mass is 9.79. The van der Waals surface area contributed by atoms with Gasteiger partial charge in [0.1, 0.15) is 10.6 Å². The summed E-state index contributed by atoms with van der Waals surface area (Å²) in [5, 5.41) is 0. The fourth-order valence-electron chi connectivity index (χ4n) is 3.51. The van der Waals surface area contributed by atoms with E-state index < -0.39 is 25.6 Å². The summed E-state index contributed by atoms with van der Waals surface area (Å²) in [5.41, 5.74) is -0.409. The molecule has 146 valence electrons. The Hall–Kier alpha value is -1.20. The second-order valence-corrected chi connectivity index (χ2v) is 11.3. The van der Waals surface area contributed by atoms with Crippen LogP contribution < -0.4 is 4.74 Å². The van der Waals surface area contributed by atoms with E-state index >= 15 is 0 Å². The molecule has 0 N–H and O–H groups in total. The smallest absolute Gasteiger partial charge is 0.281 e. The van der Waals surface area contributed by atoms with Crippen molar-refractivity contribution in [2.45, 2.75) is 17.7 Å². The lowest BCUT2D eigenvalue weighted by Crippen LogP contribution is -2.53. The summed E-state index contributed by atoms with van der Waals surface area (Å²) < 4.78 is 60.2. The number of nitrogens with zero attached hydrogens (tertiary/aromatic N) is 3. The highest BCUT2D eigenvalue weighted by Crippen LogP contribution is 2.39. The van der Waals surface area contributed by atoms with Crippen LogP contribution in [0.5, 0.6) is 5.75 Å². The van der Waals surface area contributed by atoms with Crippen molar-refractivity contribution in [1.82, 2.24) is 12.9 Å². The fraction of sp³-hybridized carbons (Fsp3) is 0.625. The van der Waals surface area contributed by atoms with Crippen LogP contribution in [0.25, 0.3) is 0 Å². The quantitative estimate of drug-likeness (QED) is 0.721. The molecule has 0 aliphatic carbocycles. The number of hydrogen-bond acceptors (Lipinski definition) is 5. The Morgan fingerprint density at radius 2 is 1.77 bits per heavy atom. The van der Waals surface area contributed by atoms with Gasteiger partial charge in [0.05, 0.1) is 6.61 Å².